The highest BCUT2D eigenvalue weighted by Gasteiger charge is 2.28. The summed E-state index contributed by atoms with van der Waals surface area (Å²) >= 11 is 0. The maximum absolute atomic E-state index is 12.0. The van der Waals surface area contributed by atoms with Crippen molar-refractivity contribution in [1.82, 2.24) is 0 Å². The summed E-state index contributed by atoms with van der Waals surface area (Å²) in [4.78, 5) is 0. The quantitative estimate of drug-likeness (QED) is 0.888. The first kappa shape index (κ1) is 14.3. The lowest BCUT2D eigenvalue weighted by molar-refractivity contribution is 0.256. The van der Waals surface area contributed by atoms with Crippen molar-refractivity contribution >= 4 is 9.84 Å². The van der Waals surface area contributed by atoms with E-state index in [-0.39, 0.29) is 23.7 Å². The van der Waals surface area contributed by atoms with Crippen LogP contribution in [-0.4, -0.2) is 32.1 Å². The molecule has 1 aromatic rings. The molecule has 1 aliphatic heterocycles. The minimum absolute atomic E-state index is 0.0404. The Hall–Kier alpha value is -1.07. The number of sulfone groups is 1. The predicted octanol–water partition coefficient (Wildman–Crippen LogP) is 1.45. The molecule has 0 fully saturated rings. The van der Waals surface area contributed by atoms with Crippen LogP contribution in [0.2, 0.25) is 0 Å². The van der Waals surface area contributed by atoms with E-state index in [1.54, 1.807) is 0 Å². The molecule has 1 heterocycles. The van der Waals surface area contributed by atoms with E-state index >= 15 is 0 Å². The number of fused-ring (bicyclic) bond motifs is 1. The van der Waals surface area contributed by atoms with Crippen LogP contribution in [0.5, 0.6) is 5.75 Å². The van der Waals surface area contributed by atoms with Crippen LogP contribution in [0.3, 0.4) is 0 Å². The van der Waals surface area contributed by atoms with Crippen molar-refractivity contribution in [2.45, 2.75) is 38.8 Å². The van der Waals surface area contributed by atoms with Crippen LogP contribution in [0.4, 0.5) is 0 Å². The molecule has 2 rings (SSSR count). The molecule has 19 heavy (non-hydrogen) atoms. The average Bonchev–Trinajstić information content (AvgIpc) is 2.68. The summed E-state index contributed by atoms with van der Waals surface area (Å²) in [5.74, 6) is 0.901. The van der Waals surface area contributed by atoms with E-state index in [2.05, 4.69) is 6.07 Å². The molecule has 0 saturated heterocycles. The first-order valence-electron chi connectivity index (χ1n) is 6.62. The van der Waals surface area contributed by atoms with Crippen LogP contribution in [0.15, 0.2) is 18.2 Å². The molecule has 0 spiro atoms. The molecular formula is C14H21NO3S. The molecule has 2 unspecified atom stereocenters. The van der Waals surface area contributed by atoms with E-state index in [1.807, 2.05) is 26.0 Å². The predicted molar refractivity (Wildman–Crippen MR) is 76.2 cm³/mol. The third-order valence-corrected chi connectivity index (χ3v) is 5.21. The van der Waals surface area contributed by atoms with Crippen molar-refractivity contribution in [1.29, 1.82) is 0 Å². The zero-order valence-corrected chi connectivity index (χ0v) is 12.2. The topological polar surface area (TPSA) is 69.4 Å². The van der Waals surface area contributed by atoms with Gasteiger partial charge in [0, 0.05) is 12.5 Å². The Morgan fingerprint density at radius 3 is 2.89 bits per heavy atom. The molecular weight excluding hydrogens is 262 g/mol. The maximum Gasteiger partial charge on any atom is 0.155 e. The van der Waals surface area contributed by atoms with Crippen LogP contribution in [0.1, 0.15) is 24.5 Å². The minimum atomic E-state index is -3.15. The molecule has 106 valence electrons. The molecule has 1 aliphatic rings. The fourth-order valence-corrected chi connectivity index (χ4v) is 4.11. The normalized spacial score (nSPS) is 19.8. The van der Waals surface area contributed by atoms with E-state index in [1.165, 1.54) is 5.56 Å². The largest absolute Gasteiger partial charge is 0.489 e. The van der Waals surface area contributed by atoms with Gasteiger partial charge in [0.15, 0.2) is 9.84 Å². The molecule has 2 N–H and O–H groups in total. The van der Waals surface area contributed by atoms with Crippen molar-refractivity contribution in [3.63, 3.8) is 0 Å². The lowest BCUT2D eigenvalue weighted by atomic mass is 10.1. The Labute approximate surface area is 114 Å². The van der Waals surface area contributed by atoms with E-state index in [0.717, 1.165) is 11.3 Å². The summed E-state index contributed by atoms with van der Waals surface area (Å²) in [6, 6.07) is 5.66. The zero-order chi connectivity index (χ0) is 14.0. The van der Waals surface area contributed by atoms with E-state index in [4.69, 9.17) is 10.5 Å². The molecule has 0 aromatic heterocycles. The van der Waals surface area contributed by atoms with Crippen molar-refractivity contribution in [2.75, 3.05) is 11.5 Å². The average molecular weight is 283 g/mol. The molecule has 0 amide bonds. The van der Waals surface area contributed by atoms with Crippen LogP contribution in [-0.2, 0) is 16.3 Å². The Morgan fingerprint density at radius 2 is 2.21 bits per heavy atom. The van der Waals surface area contributed by atoms with Gasteiger partial charge in [0.1, 0.15) is 11.9 Å². The molecule has 1 aromatic carbocycles. The summed E-state index contributed by atoms with van der Waals surface area (Å²) in [5, 5.41) is 0. The molecule has 5 heteroatoms. The van der Waals surface area contributed by atoms with Crippen molar-refractivity contribution in [3.8, 4) is 5.75 Å². The van der Waals surface area contributed by atoms with Gasteiger partial charge < -0.3 is 10.5 Å². The third-order valence-electron chi connectivity index (χ3n) is 3.39. The van der Waals surface area contributed by atoms with Gasteiger partial charge in [-0.25, -0.2) is 8.42 Å². The highest BCUT2D eigenvalue weighted by Crippen LogP contribution is 2.30. The van der Waals surface area contributed by atoms with Gasteiger partial charge in [-0.05, 0) is 25.0 Å². The van der Waals surface area contributed by atoms with Crippen LogP contribution >= 0.6 is 0 Å². The summed E-state index contributed by atoms with van der Waals surface area (Å²) in [6.45, 7) is 3.91. The summed E-state index contributed by atoms with van der Waals surface area (Å²) in [7, 11) is -3.15. The second kappa shape index (κ2) is 5.51. The summed E-state index contributed by atoms with van der Waals surface area (Å²) < 4.78 is 29.7. The second-order valence-electron chi connectivity index (χ2n) is 5.30. The van der Waals surface area contributed by atoms with Gasteiger partial charge in [0.2, 0.25) is 0 Å². The highest BCUT2D eigenvalue weighted by molar-refractivity contribution is 7.91. The minimum Gasteiger partial charge on any atom is -0.489 e. The number of nitrogens with two attached hydrogens (primary N) is 1. The number of ether oxygens (including phenoxy) is 1. The van der Waals surface area contributed by atoms with Crippen molar-refractivity contribution < 1.29 is 13.2 Å². The lowest BCUT2D eigenvalue weighted by Crippen LogP contribution is -2.34. The van der Waals surface area contributed by atoms with Gasteiger partial charge in [0.25, 0.3) is 0 Å². The van der Waals surface area contributed by atoms with Gasteiger partial charge in [-0.15, -0.1) is 0 Å². The summed E-state index contributed by atoms with van der Waals surface area (Å²) in [6.07, 6.45) is 1.06. The SMILES string of the molecule is CCC(N)CS(=O)(=O)CC1Cc2cc(C)ccc2O1. The Balaban J connectivity index is 2.00. The van der Waals surface area contributed by atoms with E-state index in [9.17, 15) is 8.42 Å². The number of rotatable bonds is 5. The first-order valence-corrected chi connectivity index (χ1v) is 8.44. The highest BCUT2D eigenvalue weighted by atomic mass is 32.2. The van der Waals surface area contributed by atoms with Gasteiger partial charge in [-0.2, -0.15) is 0 Å². The fourth-order valence-electron chi connectivity index (χ4n) is 2.34. The monoisotopic (exact) mass is 283 g/mol. The number of aryl methyl sites for hydroxylation is 1. The molecule has 0 radical (unpaired) electrons. The van der Waals surface area contributed by atoms with Crippen LogP contribution in [0.25, 0.3) is 0 Å². The van der Waals surface area contributed by atoms with Crippen molar-refractivity contribution in [2.24, 2.45) is 5.73 Å². The molecule has 0 bridgehead atoms. The van der Waals surface area contributed by atoms with Gasteiger partial charge in [0.05, 0.1) is 11.5 Å². The van der Waals surface area contributed by atoms with Crippen molar-refractivity contribution in [3.05, 3.63) is 29.3 Å². The van der Waals surface area contributed by atoms with E-state index in [0.29, 0.717) is 12.8 Å². The van der Waals surface area contributed by atoms with Crippen LogP contribution in [0, 0.1) is 6.92 Å². The lowest BCUT2D eigenvalue weighted by Gasteiger charge is -2.13. The zero-order valence-electron chi connectivity index (χ0n) is 11.4. The third kappa shape index (κ3) is 3.70. The Kier molecular flexibility index (Phi) is 4.16. The second-order valence-corrected chi connectivity index (χ2v) is 7.45. The Morgan fingerprint density at radius 1 is 1.47 bits per heavy atom. The number of benzene rings is 1. The molecule has 0 saturated carbocycles. The number of hydrogen-bond donors (Lipinski definition) is 1. The van der Waals surface area contributed by atoms with Gasteiger partial charge in [-0.3, -0.25) is 0 Å². The fraction of sp³-hybridized carbons (Fsp3) is 0.571. The molecule has 0 aliphatic carbocycles. The first-order chi connectivity index (χ1) is 8.89. The molecule has 2 atom stereocenters. The maximum atomic E-state index is 12.0. The standard InChI is InChI=1S/C14H21NO3S/c1-3-12(15)8-19(16,17)9-13-7-11-6-10(2)4-5-14(11)18-13/h4-6,12-13H,3,7-9,15H2,1-2H3. The van der Waals surface area contributed by atoms with E-state index < -0.39 is 9.84 Å². The Bertz CT molecular complexity index is 554. The smallest absolute Gasteiger partial charge is 0.155 e. The number of hydrogen-bond acceptors (Lipinski definition) is 4. The summed E-state index contributed by atoms with van der Waals surface area (Å²) in [5.41, 5.74) is 7.98. The van der Waals surface area contributed by atoms with Gasteiger partial charge in [-0.1, -0.05) is 24.6 Å². The molecule has 4 nitrogen and oxygen atoms in total. The van der Waals surface area contributed by atoms with Crippen LogP contribution < -0.4 is 10.5 Å². The van der Waals surface area contributed by atoms with Gasteiger partial charge >= 0.3 is 0 Å².